The number of thiocarbonyl (C=S) groups is 1. The Morgan fingerprint density at radius 2 is 1.76 bits per heavy atom. The van der Waals surface area contributed by atoms with Crippen molar-refractivity contribution in [2.24, 2.45) is 0 Å². The Morgan fingerprint density at radius 1 is 1.18 bits per heavy atom. The molecule has 1 rings (SSSR count). The lowest BCUT2D eigenvalue weighted by Gasteiger charge is -2.10. The molecule has 0 radical (unpaired) electrons. The predicted octanol–water partition coefficient (Wildman–Crippen LogP) is 1.34. The second kappa shape index (κ2) is 6.96. The van der Waals surface area contributed by atoms with Crippen LogP contribution in [0.1, 0.15) is 5.56 Å². The first kappa shape index (κ1) is 13.6. The molecule has 0 spiro atoms. The third-order valence-electron chi connectivity index (χ3n) is 2.34. The van der Waals surface area contributed by atoms with Gasteiger partial charge in [-0.3, -0.25) is 0 Å². The summed E-state index contributed by atoms with van der Waals surface area (Å²) < 4.78 is 10.4. The van der Waals surface area contributed by atoms with Gasteiger partial charge < -0.3 is 20.1 Å². The molecule has 0 aromatic heterocycles. The Labute approximate surface area is 107 Å². The summed E-state index contributed by atoms with van der Waals surface area (Å²) in [6.45, 7) is 0.774. The molecule has 0 aliphatic carbocycles. The van der Waals surface area contributed by atoms with Crippen LogP contribution in [-0.2, 0) is 6.42 Å². The van der Waals surface area contributed by atoms with Crippen molar-refractivity contribution < 1.29 is 9.47 Å². The molecule has 0 saturated carbocycles. The fraction of sp³-hybridized carbons (Fsp3) is 0.417. The molecular formula is C12H18N2O2S. The minimum Gasteiger partial charge on any atom is -0.497 e. The van der Waals surface area contributed by atoms with Gasteiger partial charge >= 0.3 is 0 Å². The zero-order valence-corrected chi connectivity index (χ0v) is 11.2. The van der Waals surface area contributed by atoms with Crippen LogP contribution in [0.3, 0.4) is 0 Å². The van der Waals surface area contributed by atoms with Crippen molar-refractivity contribution >= 4 is 17.3 Å². The molecule has 1 aromatic rings. The highest BCUT2D eigenvalue weighted by Gasteiger charge is 2.02. The zero-order valence-electron chi connectivity index (χ0n) is 10.4. The smallest absolute Gasteiger partial charge is 0.166 e. The molecule has 17 heavy (non-hydrogen) atoms. The van der Waals surface area contributed by atoms with Crippen molar-refractivity contribution in [3.63, 3.8) is 0 Å². The van der Waals surface area contributed by atoms with Gasteiger partial charge in [0.2, 0.25) is 0 Å². The first-order chi connectivity index (χ1) is 8.19. The Balaban J connectivity index is 2.60. The fourth-order valence-corrected chi connectivity index (χ4v) is 1.52. The number of nitrogens with one attached hydrogen (secondary N) is 2. The van der Waals surface area contributed by atoms with Crippen LogP contribution in [0.5, 0.6) is 11.5 Å². The average Bonchev–Trinajstić information content (AvgIpc) is 2.37. The van der Waals surface area contributed by atoms with E-state index >= 15 is 0 Å². The highest BCUT2D eigenvalue weighted by Crippen LogP contribution is 2.22. The Bertz CT molecular complexity index is 361. The fourth-order valence-electron chi connectivity index (χ4n) is 1.42. The minimum absolute atomic E-state index is 0.653. The maximum atomic E-state index is 5.21. The van der Waals surface area contributed by atoms with E-state index in [-0.39, 0.29) is 0 Å². The largest absolute Gasteiger partial charge is 0.497 e. The molecule has 0 heterocycles. The van der Waals surface area contributed by atoms with E-state index in [2.05, 4.69) is 10.6 Å². The summed E-state index contributed by atoms with van der Waals surface area (Å²) in [4.78, 5) is 0. The maximum absolute atomic E-state index is 5.21. The predicted molar refractivity (Wildman–Crippen MR) is 72.9 cm³/mol. The second-order valence-electron chi connectivity index (χ2n) is 3.48. The van der Waals surface area contributed by atoms with Crippen LogP contribution in [0, 0.1) is 0 Å². The van der Waals surface area contributed by atoms with E-state index in [1.165, 1.54) is 0 Å². The molecule has 0 amide bonds. The van der Waals surface area contributed by atoms with Crippen molar-refractivity contribution in [1.82, 2.24) is 10.6 Å². The van der Waals surface area contributed by atoms with Crippen LogP contribution in [0.4, 0.5) is 0 Å². The van der Waals surface area contributed by atoms with E-state index in [4.69, 9.17) is 21.7 Å². The van der Waals surface area contributed by atoms with Gasteiger partial charge in [0.05, 0.1) is 14.2 Å². The van der Waals surface area contributed by atoms with Gasteiger partial charge in [-0.15, -0.1) is 0 Å². The highest BCUT2D eigenvalue weighted by atomic mass is 32.1. The van der Waals surface area contributed by atoms with Crippen LogP contribution < -0.4 is 20.1 Å². The lowest BCUT2D eigenvalue weighted by molar-refractivity contribution is 0.393. The molecule has 94 valence electrons. The van der Waals surface area contributed by atoms with Crippen LogP contribution in [0.2, 0.25) is 0 Å². The summed E-state index contributed by atoms with van der Waals surface area (Å²) in [7, 11) is 5.09. The van der Waals surface area contributed by atoms with Crippen molar-refractivity contribution in [3.05, 3.63) is 23.8 Å². The summed E-state index contributed by atoms with van der Waals surface area (Å²) in [5.41, 5.74) is 1.15. The van der Waals surface area contributed by atoms with Gasteiger partial charge in [0.25, 0.3) is 0 Å². The van der Waals surface area contributed by atoms with Gasteiger partial charge in [0.15, 0.2) is 5.11 Å². The van der Waals surface area contributed by atoms with Crippen LogP contribution in [0.15, 0.2) is 18.2 Å². The molecule has 4 nitrogen and oxygen atoms in total. The Hall–Kier alpha value is -1.49. The van der Waals surface area contributed by atoms with Gasteiger partial charge in [-0.2, -0.15) is 0 Å². The Kier molecular flexibility index (Phi) is 5.56. The van der Waals surface area contributed by atoms with E-state index in [0.717, 1.165) is 30.0 Å². The molecule has 0 bridgehead atoms. The molecule has 0 unspecified atom stereocenters. The number of benzene rings is 1. The zero-order chi connectivity index (χ0) is 12.7. The molecule has 2 N–H and O–H groups in total. The summed E-state index contributed by atoms with van der Waals surface area (Å²) in [5, 5.41) is 6.61. The topological polar surface area (TPSA) is 42.5 Å². The monoisotopic (exact) mass is 254 g/mol. The number of rotatable bonds is 5. The molecule has 0 atom stereocenters. The third kappa shape index (κ3) is 4.48. The first-order valence-corrected chi connectivity index (χ1v) is 5.78. The minimum atomic E-state index is 0.653. The quantitative estimate of drug-likeness (QED) is 0.776. The number of hydrogen-bond acceptors (Lipinski definition) is 3. The number of hydrogen-bond donors (Lipinski definition) is 2. The van der Waals surface area contributed by atoms with Gasteiger partial charge in [-0.05, 0) is 36.3 Å². The van der Waals surface area contributed by atoms with Gasteiger partial charge in [0, 0.05) is 19.7 Å². The lowest BCUT2D eigenvalue weighted by Crippen LogP contribution is -2.33. The number of methoxy groups -OCH3 is 2. The van der Waals surface area contributed by atoms with Crippen LogP contribution >= 0.6 is 12.2 Å². The van der Waals surface area contributed by atoms with Crippen molar-refractivity contribution in [2.45, 2.75) is 6.42 Å². The van der Waals surface area contributed by atoms with E-state index in [0.29, 0.717) is 5.11 Å². The first-order valence-electron chi connectivity index (χ1n) is 5.37. The summed E-state index contributed by atoms with van der Waals surface area (Å²) in [5.74, 6) is 1.60. The van der Waals surface area contributed by atoms with E-state index in [1.54, 1.807) is 21.3 Å². The number of ether oxygens (including phenoxy) is 2. The molecular weight excluding hydrogens is 236 g/mol. The van der Waals surface area contributed by atoms with Crippen LogP contribution in [0.25, 0.3) is 0 Å². The third-order valence-corrected chi connectivity index (χ3v) is 2.69. The molecule has 0 aliphatic rings. The van der Waals surface area contributed by atoms with Crippen molar-refractivity contribution in [1.29, 1.82) is 0 Å². The van der Waals surface area contributed by atoms with E-state index in [9.17, 15) is 0 Å². The van der Waals surface area contributed by atoms with E-state index < -0.39 is 0 Å². The summed E-state index contributed by atoms with van der Waals surface area (Å²) >= 11 is 5.00. The molecule has 0 saturated heterocycles. The lowest BCUT2D eigenvalue weighted by atomic mass is 10.1. The summed E-state index contributed by atoms with van der Waals surface area (Å²) in [6.07, 6.45) is 0.857. The van der Waals surface area contributed by atoms with Crippen molar-refractivity contribution in [3.8, 4) is 11.5 Å². The molecule has 5 heteroatoms. The molecule has 0 aliphatic heterocycles. The molecule has 1 aromatic carbocycles. The SMILES string of the molecule is CNC(=S)NCCc1cc(OC)cc(OC)c1. The van der Waals surface area contributed by atoms with E-state index in [1.807, 2.05) is 18.2 Å². The van der Waals surface area contributed by atoms with Gasteiger partial charge in [-0.25, -0.2) is 0 Å². The highest BCUT2D eigenvalue weighted by molar-refractivity contribution is 7.80. The normalized spacial score (nSPS) is 9.59. The van der Waals surface area contributed by atoms with Gasteiger partial charge in [0.1, 0.15) is 11.5 Å². The second-order valence-corrected chi connectivity index (χ2v) is 3.89. The Morgan fingerprint density at radius 3 is 2.24 bits per heavy atom. The van der Waals surface area contributed by atoms with Gasteiger partial charge in [-0.1, -0.05) is 0 Å². The van der Waals surface area contributed by atoms with Crippen molar-refractivity contribution in [2.75, 3.05) is 27.8 Å². The average molecular weight is 254 g/mol. The maximum Gasteiger partial charge on any atom is 0.166 e. The standard InChI is InChI=1S/C12H18N2O2S/c1-13-12(17)14-5-4-9-6-10(15-2)8-11(7-9)16-3/h6-8H,4-5H2,1-3H3,(H2,13,14,17). The van der Waals surface area contributed by atoms with Crippen LogP contribution in [-0.4, -0.2) is 32.9 Å². The summed E-state index contributed by atoms with van der Waals surface area (Å²) in [6, 6.07) is 5.84. The molecule has 0 fully saturated rings.